The molecule has 0 saturated carbocycles. The van der Waals surface area contributed by atoms with E-state index in [4.69, 9.17) is 5.73 Å². The fraction of sp³-hybridized carbons (Fsp3) is 0.286. The largest absolute Gasteiger partial charge is 0.383 e. The van der Waals surface area contributed by atoms with Crippen LogP contribution in [0.1, 0.15) is 5.56 Å². The number of nitrogens with one attached hydrogen (secondary N) is 1. The summed E-state index contributed by atoms with van der Waals surface area (Å²) in [7, 11) is 1.88. The Bertz CT molecular complexity index is 257. The van der Waals surface area contributed by atoms with Crippen molar-refractivity contribution in [3.8, 4) is 0 Å². The van der Waals surface area contributed by atoms with Gasteiger partial charge in [0.25, 0.3) is 0 Å². The fourth-order valence-corrected chi connectivity index (χ4v) is 1.20. The minimum Gasteiger partial charge on any atom is -0.383 e. The minimum atomic E-state index is 0. The Morgan fingerprint density at radius 3 is 2.69 bits per heavy atom. The lowest BCUT2D eigenvalue weighted by Gasteiger charge is -2.03. The molecule has 0 amide bonds. The number of anilines is 1. The molecule has 1 heterocycles. The van der Waals surface area contributed by atoms with E-state index in [-0.39, 0.29) is 24.8 Å². The van der Waals surface area contributed by atoms with E-state index in [9.17, 15) is 0 Å². The van der Waals surface area contributed by atoms with Crippen LogP contribution in [0.5, 0.6) is 0 Å². The van der Waals surface area contributed by atoms with E-state index in [2.05, 4.69) is 26.2 Å². The molecule has 3 N–H and O–H groups in total. The molecule has 0 fully saturated rings. The van der Waals surface area contributed by atoms with Crippen LogP contribution >= 0.6 is 40.7 Å². The van der Waals surface area contributed by atoms with E-state index in [1.165, 1.54) is 0 Å². The Morgan fingerprint density at radius 2 is 2.15 bits per heavy atom. The predicted octanol–water partition coefficient (Wildman–Crippen LogP) is 1.99. The van der Waals surface area contributed by atoms with E-state index >= 15 is 0 Å². The molecule has 76 valence electrons. The van der Waals surface area contributed by atoms with E-state index in [1.54, 1.807) is 6.20 Å². The van der Waals surface area contributed by atoms with Gasteiger partial charge >= 0.3 is 0 Å². The highest BCUT2D eigenvalue weighted by molar-refractivity contribution is 9.10. The van der Waals surface area contributed by atoms with Crippen molar-refractivity contribution in [2.75, 3.05) is 12.8 Å². The Hall–Kier alpha value is -0.0300. The zero-order valence-corrected chi connectivity index (χ0v) is 10.3. The lowest BCUT2D eigenvalue weighted by Crippen LogP contribution is -2.08. The first-order valence-electron chi connectivity index (χ1n) is 3.28. The summed E-state index contributed by atoms with van der Waals surface area (Å²) in [6.07, 6.45) is 1.69. The molecule has 1 aromatic rings. The van der Waals surface area contributed by atoms with Gasteiger partial charge in [0, 0.05) is 22.8 Å². The van der Waals surface area contributed by atoms with Gasteiger partial charge in [0.05, 0.1) is 0 Å². The Kier molecular flexibility index (Phi) is 8.77. The van der Waals surface area contributed by atoms with Crippen LogP contribution in [0.3, 0.4) is 0 Å². The molecule has 13 heavy (non-hydrogen) atoms. The van der Waals surface area contributed by atoms with Crippen molar-refractivity contribution in [1.29, 1.82) is 0 Å². The van der Waals surface area contributed by atoms with Gasteiger partial charge in [-0.1, -0.05) is 0 Å². The lowest BCUT2D eigenvalue weighted by molar-refractivity contribution is 0.815. The topological polar surface area (TPSA) is 50.9 Å². The monoisotopic (exact) mass is 287 g/mol. The quantitative estimate of drug-likeness (QED) is 0.875. The molecule has 1 aromatic heterocycles. The summed E-state index contributed by atoms with van der Waals surface area (Å²) >= 11 is 3.32. The molecule has 0 aliphatic rings. The second-order valence-corrected chi connectivity index (χ2v) is 3.14. The standard InChI is InChI=1S/C7H10BrN3.2ClH/c1-10-3-5-2-6(8)4-11-7(5)9;;/h2,4,10H,3H2,1H3,(H2,9,11);2*1H. The molecule has 0 aliphatic heterocycles. The molecule has 0 radical (unpaired) electrons. The zero-order chi connectivity index (χ0) is 8.27. The van der Waals surface area contributed by atoms with Crippen molar-refractivity contribution >= 4 is 46.6 Å². The van der Waals surface area contributed by atoms with Crippen molar-refractivity contribution in [3.63, 3.8) is 0 Å². The van der Waals surface area contributed by atoms with Gasteiger partial charge in [-0.05, 0) is 29.0 Å². The maximum Gasteiger partial charge on any atom is 0.127 e. The molecular weight excluding hydrogens is 277 g/mol. The molecule has 0 saturated heterocycles. The van der Waals surface area contributed by atoms with Gasteiger partial charge < -0.3 is 11.1 Å². The van der Waals surface area contributed by atoms with Gasteiger partial charge in [-0.2, -0.15) is 0 Å². The van der Waals surface area contributed by atoms with Crippen molar-refractivity contribution < 1.29 is 0 Å². The van der Waals surface area contributed by atoms with Crippen molar-refractivity contribution in [2.24, 2.45) is 0 Å². The molecule has 3 nitrogen and oxygen atoms in total. The zero-order valence-electron chi connectivity index (χ0n) is 7.08. The number of nitrogen functional groups attached to an aromatic ring is 1. The number of nitrogens with two attached hydrogens (primary N) is 1. The molecule has 0 bridgehead atoms. The smallest absolute Gasteiger partial charge is 0.127 e. The van der Waals surface area contributed by atoms with Crippen LogP contribution < -0.4 is 11.1 Å². The van der Waals surface area contributed by atoms with Crippen molar-refractivity contribution in [1.82, 2.24) is 10.3 Å². The summed E-state index contributed by atoms with van der Waals surface area (Å²) < 4.78 is 0.956. The number of halogens is 3. The van der Waals surface area contributed by atoms with Crippen molar-refractivity contribution in [2.45, 2.75) is 6.54 Å². The summed E-state index contributed by atoms with van der Waals surface area (Å²) in [5.74, 6) is 0.586. The second kappa shape index (κ2) is 7.38. The third kappa shape index (κ3) is 4.67. The molecule has 0 aromatic carbocycles. The highest BCUT2D eigenvalue weighted by Gasteiger charge is 1.98. The van der Waals surface area contributed by atoms with E-state index in [0.717, 1.165) is 16.6 Å². The fourth-order valence-electron chi connectivity index (χ4n) is 0.824. The summed E-state index contributed by atoms with van der Waals surface area (Å²) in [5, 5.41) is 3.01. The molecule has 0 atom stereocenters. The molecule has 6 heteroatoms. The number of nitrogens with zero attached hydrogens (tertiary/aromatic N) is 1. The molecule has 0 spiro atoms. The summed E-state index contributed by atoms with van der Waals surface area (Å²) in [4.78, 5) is 3.99. The van der Waals surface area contributed by atoms with Crippen LogP contribution in [-0.4, -0.2) is 12.0 Å². The first-order valence-corrected chi connectivity index (χ1v) is 4.08. The van der Waals surface area contributed by atoms with Crippen LogP contribution in [0, 0.1) is 0 Å². The van der Waals surface area contributed by atoms with Crippen LogP contribution in [0.4, 0.5) is 5.82 Å². The minimum absolute atomic E-state index is 0. The number of hydrogen-bond donors (Lipinski definition) is 2. The van der Waals surface area contributed by atoms with Gasteiger partial charge in [-0.3, -0.25) is 0 Å². The third-order valence-electron chi connectivity index (χ3n) is 1.34. The van der Waals surface area contributed by atoms with E-state index in [0.29, 0.717) is 5.82 Å². The summed E-state index contributed by atoms with van der Waals surface area (Å²) in [5.41, 5.74) is 6.62. The van der Waals surface area contributed by atoms with Crippen LogP contribution in [0.25, 0.3) is 0 Å². The Labute approximate surface area is 98.4 Å². The van der Waals surface area contributed by atoms with Gasteiger partial charge in [0.15, 0.2) is 0 Å². The van der Waals surface area contributed by atoms with Crippen LogP contribution in [0.15, 0.2) is 16.7 Å². The van der Waals surface area contributed by atoms with Gasteiger partial charge in [-0.25, -0.2) is 4.98 Å². The molecule has 1 rings (SSSR count). The summed E-state index contributed by atoms with van der Waals surface area (Å²) in [6, 6.07) is 1.96. The first kappa shape index (κ1) is 15.4. The van der Waals surface area contributed by atoms with Crippen LogP contribution in [-0.2, 0) is 6.54 Å². The van der Waals surface area contributed by atoms with E-state index < -0.39 is 0 Å². The molecule has 0 unspecified atom stereocenters. The Balaban J connectivity index is 0. The normalized spacial score (nSPS) is 8.46. The molecular formula is C7H12BrCl2N3. The van der Waals surface area contributed by atoms with Gasteiger partial charge in [0.1, 0.15) is 5.82 Å². The number of pyridine rings is 1. The second-order valence-electron chi connectivity index (χ2n) is 2.23. The Morgan fingerprint density at radius 1 is 1.54 bits per heavy atom. The maximum absolute atomic E-state index is 5.60. The van der Waals surface area contributed by atoms with E-state index in [1.807, 2.05) is 13.1 Å². The maximum atomic E-state index is 5.60. The van der Waals surface area contributed by atoms with Gasteiger partial charge in [0.2, 0.25) is 0 Å². The number of aromatic nitrogens is 1. The van der Waals surface area contributed by atoms with Crippen molar-refractivity contribution in [3.05, 3.63) is 22.3 Å². The molecule has 0 aliphatic carbocycles. The number of hydrogen-bond acceptors (Lipinski definition) is 3. The summed E-state index contributed by atoms with van der Waals surface area (Å²) in [6.45, 7) is 0.748. The predicted molar refractivity (Wildman–Crippen MR) is 63.6 cm³/mol. The average molecular weight is 289 g/mol. The van der Waals surface area contributed by atoms with Crippen LogP contribution in [0.2, 0.25) is 0 Å². The first-order chi connectivity index (χ1) is 5.24. The highest BCUT2D eigenvalue weighted by Crippen LogP contribution is 2.14. The number of rotatable bonds is 2. The third-order valence-corrected chi connectivity index (χ3v) is 1.77. The SMILES string of the molecule is CNCc1cc(Br)cnc1N.Cl.Cl. The highest BCUT2D eigenvalue weighted by atomic mass is 79.9. The lowest BCUT2D eigenvalue weighted by atomic mass is 10.2. The average Bonchev–Trinajstić information content (AvgIpc) is 1.98. The van der Waals surface area contributed by atoms with Gasteiger partial charge in [-0.15, -0.1) is 24.8 Å².